The van der Waals surface area contributed by atoms with Crippen LogP contribution in [0, 0.1) is 5.82 Å². The van der Waals surface area contributed by atoms with Gasteiger partial charge in [0.05, 0.1) is 0 Å². The second kappa shape index (κ2) is 7.79. The van der Waals surface area contributed by atoms with E-state index in [2.05, 4.69) is 5.32 Å². The van der Waals surface area contributed by atoms with Crippen LogP contribution < -0.4 is 10.1 Å². The molecule has 1 atom stereocenters. The zero-order valence-corrected chi connectivity index (χ0v) is 14.0. The maximum absolute atomic E-state index is 12.9. The Labute approximate surface area is 146 Å². The highest BCUT2D eigenvalue weighted by Gasteiger charge is 2.14. The summed E-state index contributed by atoms with van der Waals surface area (Å²) in [5.41, 5.74) is 0.977. The van der Waals surface area contributed by atoms with Gasteiger partial charge in [0.25, 0.3) is 5.91 Å². The van der Waals surface area contributed by atoms with E-state index in [0.717, 1.165) is 16.3 Å². The van der Waals surface area contributed by atoms with Crippen LogP contribution in [0.1, 0.15) is 12.5 Å². The Bertz CT molecular complexity index is 861. The summed E-state index contributed by atoms with van der Waals surface area (Å²) in [6, 6.07) is 20.0. The van der Waals surface area contributed by atoms with Gasteiger partial charge in [-0.15, -0.1) is 0 Å². The predicted octanol–water partition coefficient (Wildman–Crippen LogP) is 4.11. The van der Waals surface area contributed by atoms with Gasteiger partial charge in [0.1, 0.15) is 11.6 Å². The minimum absolute atomic E-state index is 0.171. The summed E-state index contributed by atoms with van der Waals surface area (Å²) in [6.45, 7) is 2.21. The predicted molar refractivity (Wildman–Crippen MR) is 97.2 cm³/mol. The number of ether oxygens (including phenoxy) is 1. The van der Waals surface area contributed by atoms with Gasteiger partial charge >= 0.3 is 0 Å². The molecule has 0 aliphatic heterocycles. The second-order valence-corrected chi connectivity index (χ2v) is 5.94. The molecule has 25 heavy (non-hydrogen) atoms. The summed E-state index contributed by atoms with van der Waals surface area (Å²) in [4.78, 5) is 12.2. The van der Waals surface area contributed by atoms with Crippen LogP contribution >= 0.6 is 0 Å². The second-order valence-electron chi connectivity index (χ2n) is 5.94. The van der Waals surface area contributed by atoms with Crippen molar-refractivity contribution in [2.45, 2.75) is 19.4 Å². The van der Waals surface area contributed by atoms with Gasteiger partial charge in [-0.25, -0.2) is 4.39 Å². The summed E-state index contributed by atoms with van der Waals surface area (Å²) in [5, 5.41) is 5.05. The molecule has 0 saturated heterocycles. The van der Waals surface area contributed by atoms with Crippen molar-refractivity contribution in [1.29, 1.82) is 0 Å². The largest absolute Gasteiger partial charge is 0.481 e. The molecule has 0 saturated carbocycles. The number of amides is 1. The highest BCUT2D eigenvalue weighted by molar-refractivity contribution is 5.84. The Hall–Kier alpha value is -2.88. The normalized spacial score (nSPS) is 11.9. The van der Waals surface area contributed by atoms with Crippen molar-refractivity contribution in [1.82, 2.24) is 5.32 Å². The smallest absolute Gasteiger partial charge is 0.260 e. The molecule has 3 aromatic rings. The molecule has 3 aromatic carbocycles. The monoisotopic (exact) mass is 337 g/mol. The zero-order chi connectivity index (χ0) is 17.6. The maximum Gasteiger partial charge on any atom is 0.260 e. The minimum atomic E-state index is -0.589. The molecule has 1 unspecified atom stereocenters. The number of hydrogen-bond donors (Lipinski definition) is 1. The molecule has 0 radical (unpaired) electrons. The van der Waals surface area contributed by atoms with Crippen molar-refractivity contribution in [3.63, 3.8) is 0 Å². The number of fused-ring (bicyclic) bond motifs is 1. The Morgan fingerprint density at radius 2 is 1.76 bits per heavy atom. The number of carbonyl (C=O) groups excluding carboxylic acids is 1. The van der Waals surface area contributed by atoms with Gasteiger partial charge in [0, 0.05) is 6.54 Å². The summed E-state index contributed by atoms with van der Waals surface area (Å²) < 4.78 is 18.6. The molecule has 0 aromatic heterocycles. The van der Waals surface area contributed by atoms with Crippen molar-refractivity contribution in [3.05, 3.63) is 78.1 Å². The first-order chi connectivity index (χ1) is 12.1. The molecule has 0 spiro atoms. The van der Waals surface area contributed by atoms with Crippen LogP contribution in [0.3, 0.4) is 0 Å². The zero-order valence-electron chi connectivity index (χ0n) is 14.0. The molecule has 0 bridgehead atoms. The molecular weight excluding hydrogens is 317 g/mol. The molecular formula is C21H20FNO2. The van der Waals surface area contributed by atoms with E-state index in [9.17, 15) is 9.18 Å². The third kappa shape index (κ3) is 4.57. The van der Waals surface area contributed by atoms with Crippen LogP contribution in [0.2, 0.25) is 0 Å². The average molecular weight is 337 g/mol. The number of nitrogens with one attached hydrogen (secondary N) is 1. The molecule has 128 valence electrons. The van der Waals surface area contributed by atoms with E-state index in [4.69, 9.17) is 4.74 Å². The quantitative estimate of drug-likeness (QED) is 0.735. The average Bonchev–Trinajstić information content (AvgIpc) is 2.63. The van der Waals surface area contributed by atoms with Gasteiger partial charge in [-0.3, -0.25) is 4.79 Å². The van der Waals surface area contributed by atoms with E-state index in [1.165, 1.54) is 12.1 Å². The number of halogens is 1. The van der Waals surface area contributed by atoms with E-state index in [1.807, 2.05) is 42.5 Å². The molecule has 0 heterocycles. The molecule has 3 rings (SSSR count). The highest BCUT2D eigenvalue weighted by atomic mass is 19.1. The lowest BCUT2D eigenvalue weighted by molar-refractivity contribution is -0.127. The lowest BCUT2D eigenvalue weighted by atomic mass is 10.1. The van der Waals surface area contributed by atoms with E-state index >= 15 is 0 Å². The molecule has 0 aliphatic carbocycles. The summed E-state index contributed by atoms with van der Waals surface area (Å²) >= 11 is 0. The summed E-state index contributed by atoms with van der Waals surface area (Å²) in [5.74, 6) is 0.236. The topological polar surface area (TPSA) is 38.3 Å². The van der Waals surface area contributed by atoms with Crippen LogP contribution in [0.4, 0.5) is 4.39 Å². The van der Waals surface area contributed by atoms with Crippen molar-refractivity contribution in [3.8, 4) is 5.75 Å². The lowest BCUT2D eigenvalue weighted by Gasteiger charge is -2.15. The van der Waals surface area contributed by atoms with Gasteiger partial charge in [0.2, 0.25) is 0 Å². The highest BCUT2D eigenvalue weighted by Crippen LogP contribution is 2.21. The molecule has 3 nitrogen and oxygen atoms in total. The first-order valence-corrected chi connectivity index (χ1v) is 8.29. The Morgan fingerprint density at radius 1 is 1.04 bits per heavy atom. The molecule has 0 fully saturated rings. The van der Waals surface area contributed by atoms with Crippen molar-refractivity contribution < 1.29 is 13.9 Å². The molecule has 1 N–H and O–H groups in total. The fraction of sp³-hybridized carbons (Fsp3) is 0.190. The Morgan fingerprint density at radius 3 is 2.52 bits per heavy atom. The van der Waals surface area contributed by atoms with Crippen molar-refractivity contribution in [2.24, 2.45) is 0 Å². The minimum Gasteiger partial charge on any atom is -0.481 e. The summed E-state index contributed by atoms with van der Waals surface area (Å²) in [6.07, 6.45) is 0.0590. The fourth-order valence-corrected chi connectivity index (χ4v) is 2.62. The Kier molecular flexibility index (Phi) is 5.29. The van der Waals surface area contributed by atoms with Gasteiger partial charge in [-0.2, -0.15) is 0 Å². The van der Waals surface area contributed by atoms with E-state index in [1.54, 1.807) is 19.1 Å². The van der Waals surface area contributed by atoms with Crippen LogP contribution in [0.15, 0.2) is 66.7 Å². The SMILES string of the molecule is CC(Oc1ccc2ccccc2c1)C(=O)NCCc1ccc(F)cc1. The van der Waals surface area contributed by atoms with Crippen molar-refractivity contribution >= 4 is 16.7 Å². The number of benzene rings is 3. The van der Waals surface area contributed by atoms with Crippen molar-refractivity contribution in [2.75, 3.05) is 6.54 Å². The van der Waals surface area contributed by atoms with Crippen LogP contribution in [0.5, 0.6) is 5.75 Å². The van der Waals surface area contributed by atoms with Gasteiger partial charge in [-0.1, -0.05) is 42.5 Å². The number of hydrogen-bond acceptors (Lipinski definition) is 2. The van der Waals surface area contributed by atoms with Gasteiger partial charge in [0.15, 0.2) is 6.10 Å². The fourth-order valence-electron chi connectivity index (χ4n) is 2.62. The first kappa shape index (κ1) is 17.0. The van der Waals surface area contributed by atoms with Gasteiger partial charge in [-0.05, 0) is 53.9 Å². The van der Waals surface area contributed by atoms with Gasteiger partial charge < -0.3 is 10.1 Å². The number of carbonyl (C=O) groups is 1. The maximum atomic E-state index is 12.9. The van der Waals surface area contributed by atoms with Crippen LogP contribution in [-0.4, -0.2) is 18.6 Å². The molecule has 1 amide bonds. The van der Waals surface area contributed by atoms with Crippen LogP contribution in [-0.2, 0) is 11.2 Å². The lowest BCUT2D eigenvalue weighted by Crippen LogP contribution is -2.37. The number of rotatable bonds is 6. The summed E-state index contributed by atoms with van der Waals surface area (Å²) in [7, 11) is 0. The third-order valence-electron chi connectivity index (χ3n) is 4.03. The van der Waals surface area contributed by atoms with E-state index in [0.29, 0.717) is 18.7 Å². The standard InChI is InChI=1S/C21H20FNO2/c1-15(21(24)23-13-12-16-6-9-19(22)10-7-16)25-20-11-8-17-4-2-3-5-18(17)14-20/h2-11,14-15H,12-13H2,1H3,(H,23,24). The first-order valence-electron chi connectivity index (χ1n) is 8.29. The molecule has 4 heteroatoms. The van der Waals surface area contributed by atoms with Crippen LogP contribution in [0.25, 0.3) is 10.8 Å². The Balaban J connectivity index is 1.52. The molecule has 0 aliphatic rings. The third-order valence-corrected chi connectivity index (χ3v) is 4.03. The van der Waals surface area contributed by atoms with E-state index < -0.39 is 6.10 Å². The van der Waals surface area contributed by atoms with E-state index in [-0.39, 0.29) is 11.7 Å².